The maximum atomic E-state index is 13.3. The Morgan fingerprint density at radius 2 is 1.67 bits per heavy atom. The predicted molar refractivity (Wildman–Crippen MR) is 131 cm³/mol. The van der Waals surface area contributed by atoms with Gasteiger partial charge in [-0.2, -0.15) is 10.4 Å². The fraction of sp³-hybridized carbons (Fsp3) is 0.250. The second kappa shape index (κ2) is 10.1. The summed E-state index contributed by atoms with van der Waals surface area (Å²) in [5, 5.41) is 14.4. The first-order chi connectivity index (χ1) is 16.1. The van der Waals surface area contributed by atoms with Crippen molar-refractivity contribution in [3.05, 3.63) is 111 Å². The number of aromatic nitrogens is 3. The number of hydrogen-bond acceptors (Lipinski definition) is 3. The minimum Gasteiger partial charge on any atom is -0.274 e. The van der Waals surface area contributed by atoms with Gasteiger partial charge in [0.2, 0.25) is 0 Å². The predicted octanol–water partition coefficient (Wildman–Crippen LogP) is 5.33. The molecule has 0 spiro atoms. The van der Waals surface area contributed by atoms with E-state index in [1.807, 2.05) is 79.7 Å². The molecule has 0 radical (unpaired) electrons. The molecule has 1 heterocycles. The highest BCUT2D eigenvalue weighted by Crippen LogP contribution is 2.24. The average Bonchev–Trinajstić information content (AvgIpc) is 3.13. The lowest BCUT2D eigenvalue weighted by Crippen LogP contribution is -2.26. The molecular formula is C28H28N4O. The zero-order valence-corrected chi connectivity index (χ0v) is 19.2. The molecule has 0 bridgehead atoms. The van der Waals surface area contributed by atoms with Crippen LogP contribution >= 0.6 is 0 Å². The fourth-order valence-electron chi connectivity index (χ4n) is 3.97. The first-order valence-electron chi connectivity index (χ1n) is 11.4. The highest BCUT2D eigenvalue weighted by molar-refractivity contribution is 5.70. The quantitative estimate of drug-likeness (QED) is 0.375. The Bertz CT molecular complexity index is 1330. The van der Waals surface area contributed by atoms with Crippen molar-refractivity contribution >= 4 is 0 Å². The van der Waals surface area contributed by atoms with Crippen molar-refractivity contribution in [3.8, 4) is 17.2 Å². The molecule has 5 nitrogen and oxygen atoms in total. The van der Waals surface area contributed by atoms with Crippen molar-refractivity contribution in [2.75, 3.05) is 0 Å². The van der Waals surface area contributed by atoms with Gasteiger partial charge < -0.3 is 0 Å². The van der Waals surface area contributed by atoms with Crippen molar-refractivity contribution in [1.29, 1.82) is 5.26 Å². The topological polar surface area (TPSA) is 63.6 Å². The molecule has 0 saturated carbocycles. The van der Waals surface area contributed by atoms with E-state index in [-0.39, 0.29) is 5.69 Å². The van der Waals surface area contributed by atoms with Crippen LogP contribution in [0.2, 0.25) is 0 Å². The molecule has 5 heteroatoms. The summed E-state index contributed by atoms with van der Waals surface area (Å²) in [4.78, 5) is 13.3. The Morgan fingerprint density at radius 1 is 0.939 bits per heavy atom. The molecular weight excluding hydrogens is 408 g/mol. The number of unbranched alkanes of at least 4 members (excludes halogenated alkanes) is 1. The highest BCUT2D eigenvalue weighted by Gasteiger charge is 2.15. The third-order valence-electron chi connectivity index (χ3n) is 5.84. The van der Waals surface area contributed by atoms with Gasteiger partial charge in [-0.1, -0.05) is 85.6 Å². The van der Waals surface area contributed by atoms with Gasteiger partial charge in [-0.3, -0.25) is 4.57 Å². The molecule has 166 valence electrons. The molecule has 33 heavy (non-hydrogen) atoms. The molecule has 0 aliphatic carbocycles. The number of aryl methyl sites for hydroxylation is 2. The average molecular weight is 437 g/mol. The van der Waals surface area contributed by atoms with Crippen LogP contribution in [0, 0.1) is 18.3 Å². The molecule has 0 N–H and O–H groups in total. The summed E-state index contributed by atoms with van der Waals surface area (Å²) in [7, 11) is 0. The SMILES string of the molecule is CCCCc1nn(Cc2ccc(C)cc2)c(=O)n1Cc1ccc(-c2ccccc2)c(C#N)c1. The molecule has 4 aromatic rings. The zero-order chi connectivity index (χ0) is 23.2. The highest BCUT2D eigenvalue weighted by atomic mass is 16.2. The molecule has 0 unspecified atom stereocenters. The molecule has 1 aromatic heterocycles. The number of hydrogen-bond donors (Lipinski definition) is 0. The van der Waals surface area contributed by atoms with Crippen LogP contribution in [-0.2, 0) is 19.5 Å². The molecule has 0 amide bonds. The Hall–Kier alpha value is -3.91. The van der Waals surface area contributed by atoms with E-state index in [0.717, 1.165) is 47.3 Å². The fourth-order valence-corrected chi connectivity index (χ4v) is 3.97. The third-order valence-corrected chi connectivity index (χ3v) is 5.84. The lowest BCUT2D eigenvalue weighted by atomic mass is 9.98. The second-order valence-corrected chi connectivity index (χ2v) is 8.39. The van der Waals surface area contributed by atoms with E-state index >= 15 is 0 Å². The van der Waals surface area contributed by atoms with Gasteiger partial charge in [-0.15, -0.1) is 0 Å². The monoisotopic (exact) mass is 436 g/mol. The lowest BCUT2D eigenvalue weighted by Gasteiger charge is -2.09. The van der Waals surface area contributed by atoms with Gasteiger partial charge in [0.25, 0.3) is 0 Å². The minimum absolute atomic E-state index is 0.118. The van der Waals surface area contributed by atoms with Gasteiger partial charge in [-0.05, 0) is 41.7 Å². The van der Waals surface area contributed by atoms with Crippen molar-refractivity contribution in [1.82, 2.24) is 14.3 Å². The van der Waals surface area contributed by atoms with Gasteiger partial charge in [0.1, 0.15) is 5.82 Å². The van der Waals surface area contributed by atoms with Crippen LogP contribution in [0.25, 0.3) is 11.1 Å². The molecule has 0 aliphatic heterocycles. The smallest absolute Gasteiger partial charge is 0.274 e. The van der Waals surface area contributed by atoms with E-state index in [2.05, 4.69) is 18.1 Å². The maximum absolute atomic E-state index is 13.3. The summed E-state index contributed by atoms with van der Waals surface area (Å²) in [6.45, 7) is 5.02. The molecule has 4 rings (SSSR count). The Labute approximate surface area is 194 Å². The summed E-state index contributed by atoms with van der Waals surface area (Å²) in [5.74, 6) is 0.791. The Kier molecular flexibility index (Phi) is 6.85. The molecule has 0 atom stereocenters. The van der Waals surface area contributed by atoms with Gasteiger partial charge >= 0.3 is 5.69 Å². The van der Waals surface area contributed by atoms with Crippen LogP contribution in [0.5, 0.6) is 0 Å². The second-order valence-electron chi connectivity index (χ2n) is 8.39. The summed E-state index contributed by atoms with van der Waals surface area (Å²) in [5.41, 5.74) is 5.55. The lowest BCUT2D eigenvalue weighted by molar-refractivity contribution is 0.637. The van der Waals surface area contributed by atoms with Crippen LogP contribution in [0.15, 0.2) is 77.6 Å². The standard InChI is InChI=1S/C28H28N4O/c1-3-4-10-27-30-32(20-22-13-11-21(2)12-14-22)28(33)31(27)19-23-15-16-26(25(17-23)18-29)24-8-6-5-7-9-24/h5-9,11-17H,3-4,10,19-20H2,1-2H3. The molecule has 0 saturated heterocycles. The van der Waals surface area contributed by atoms with Crippen LogP contribution in [0.1, 0.15) is 47.8 Å². The van der Waals surface area contributed by atoms with E-state index in [1.54, 1.807) is 9.25 Å². The number of benzene rings is 3. The molecule has 0 aliphatic rings. The zero-order valence-electron chi connectivity index (χ0n) is 19.2. The summed E-state index contributed by atoms with van der Waals surface area (Å²) < 4.78 is 3.31. The van der Waals surface area contributed by atoms with Crippen LogP contribution in [0.4, 0.5) is 0 Å². The Morgan fingerprint density at radius 3 is 2.36 bits per heavy atom. The van der Waals surface area contributed by atoms with E-state index in [0.29, 0.717) is 18.7 Å². The minimum atomic E-state index is -0.118. The van der Waals surface area contributed by atoms with E-state index in [1.165, 1.54) is 5.56 Å². The largest absolute Gasteiger partial charge is 0.346 e. The van der Waals surface area contributed by atoms with Crippen LogP contribution in [-0.4, -0.2) is 14.3 Å². The van der Waals surface area contributed by atoms with Crippen molar-refractivity contribution in [2.45, 2.75) is 46.2 Å². The number of rotatable bonds is 8. The van der Waals surface area contributed by atoms with Gasteiger partial charge in [0.15, 0.2) is 0 Å². The van der Waals surface area contributed by atoms with Gasteiger partial charge in [0.05, 0.1) is 24.7 Å². The van der Waals surface area contributed by atoms with Gasteiger partial charge in [-0.25, -0.2) is 9.48 Å². The normalized spacial score (nSPS) is 10.8. The van der Waals surface area contributed by atoms with Crippen molar-refractivity contribution in [3.63, 3.8) is 0 Å². The third kappa shape index (κ3) is 5.12. The molecule has 0 fully saturated rings. The summed E-state index contributed by atoms with van der Waals surface area (Å²) in [6.07, 6.45) is 2.75. The molecule has 3 aromatic carbocycles. The van der Waals surface area contributed by atoms with Crippen LogP contribution in [0.3, 0.4) is 0 Å². The van der Waals surface area contributed by atoms with Crippen LogP contribution < -0.4 is 5.69 Å². The number of nitrogens with zero attached hydrogens (tertiary/aromatic N) is 4. The van der Waals surface area contributed by atoms with Gasteiger partial charge in [0, 0.05) is 6.42 Å². The first-order valence-corrected chi connectivity index (χ1v) is 11.4. The number of nitriles is 1. The summed E-state index contributed by atoms with van der Waals surface area (Å²) in [6, 6.07) is 26.2. The maximum Gasteiger partial charge on any atom is 0.346 e. The van der Waals surface area contributed by atoms with E-state index < -0.39 is 0 Å². The van der Waals surface area contributed by atoms with E-state index in [4.69, 9.17) is 0 Å². The van der Waals surface area contributed by atoms with Crippen molar-refractivity contribution < 1.29 is 0 Å². The van der Waals surface area contributed by atoms with E-state index in [9.17, 15) is 10.1 Å². The van der Waals surface area contributed by atoms with Crippen molar-refractivity contribution in [2.24, 2.45) is 0 Å². The first kappa shape index (κ1) is 22.3. The Balaban J connectivity index is 1.66. The summed E-state index contributed by atoms with van der Waals surface area (Å²) >= 11 is 0.